The number of halogens is 1. The van der Waals surface area contributed by atoms with Crippen LogP contribution in [0, 0.1) is 12.7 Å². The number of hydrogen-bond acceptors (Lipinski definition) is 5. The van der Waals surface area contributed by atoms with E-state index in [1.165, 1.54) is 23.4 Å². The third-order valence-corrected chi connectivity index (χ3v) is 4.91. The number of carbonyl (C=O) groups is 1. The van der Waals surface area contributed by atoms with Crippen molar-refractivity contribution >= 4 is 23.1 Å². The van der Waals surface area contributed by atoms with Crippen LogP contribution < -0.4 is 10.2 Å². The van der Waals surface area contributed by atoms with Crippen LogP contribution in [-0.4, -0.2) is 47.2 Å². The highest BCUT2D eigenvalue weighted by Crippen LogP contribution is 2.19. The maximum atomic E-state index is 13.3. The largest absolute Gasteiger partial charge is 0.368 e. The van der Waals surface area contributed by atoms with E-state index in [1.807, 2.05) is 0 Å². The van der Waals surface area contributed by atoms with Crippen LogP contribution in [0.15, 0.2) is 60.7 Å². The van der Waals surface area contributed by atoms with Gasteiger partial charge in [-0.05, 0) is 55.0 Å². The molecule has 0 bridgehead atoms. The maximum absolute atomic E-state index is 13.3. The topological polar surface area (TPSA) is 61.4 Å². The first kappa shape index (κ1) is 18.9. The summed E-state index contributed by atoms with van der Waals surface area (Å²) >= 11 is 0. The number of benzene rings is 2. The van der Waals surface area contributed by atoms with Gasteiger partial charge in [0.1, 0.15) is 5.82 Å². The number of amides is 1. The van der Waals surface area contributed by atoms with Crippen LogP contribution >= 0.6 is 0 Å². The molecule has 1 N–H and O–H groups in total. The number of nitrogens with one attached hydrogen (secondary N) is 1. The molecule has 0 radical (unpaired) electrons. The van der Waals surface area contributed by atoms with Crippen molar-refractivity contribution in [3.05, 3.63) is 77.7 Å². The Hall–Kier alpha value is -3.48. The lowest BCUT2D eigenvalue weighted by Crippen LogP contribution is -2.49. The van der Waals surface area contributed by atoms with Crippen molar-refractivity contribution in [2.75, 3.05) is 36.4 Å². The standard InChI is InChI=1S/C22H22FN5O/c1-16-4-2-7-19(14-16)27-10-12-28(13-11-27)22(29)20-8-9-21(26-25-20)24-18-6-3-5-17(23)15-18/h2-9,14-15H,10-13H2,1H3,(H,24,26). The van der Waals surface area contributed by atoms with Crippen molar-refractivity contribution in [2.24, 2.45) is 0 Å². The zero-order chi connectivity index (χ0) is 20.2. The SMILES string of the molecule is Cc1cccc(N2CCN(C(=O)c3ccc(Nc4cccc(F)c4)nn3)CC2)c1. The quantitative estimate of drug-likeness (QED) is 0.736. The molecule has 2 heterocycles. The highest BCUT2D eigenvalue weighted by atomic mass is 19.1. The highest BCUT2D eigenvalue weighted by Gasteiger charge is 2.23. The fourth-order valence-corrected chi connectivity index (χ4v) is 3.38. The lowest BCUT2D eigenvalue weighted by atomic mass is 10.2. The number of aromatic nitrogens is 2. The predicted octanol–water partition coefficient (Wildman–Crippen LogP) is 3.63. The van der Waals surface area contributed by atoms with Gasteiger partial charge in [0.25, 0.3) is 5.91 Å². The molecule has 6 nitrogen and oxygen atoms in total. The molecule has 1 saturated heterocycles. The summed E-state index contributed by atoms with van der Waals surface area (Å²) < 4.78 is 13.3. The Labute approximate surface area is 169 Å². The number of rotatable bonds is 4. The van der Waals surface area contributed by atoms with E-state index in [0.717, 1.165) is 13.1 Å². The second-order valence-corrected chi connectivity index (χ2v) is 7.06. The number of hydrogen-bond donors (Lipinski definition) is 1. The second-order valence-electron chi connectivity index (χ2n) is 7.06. The van der Waals surface area contributed by atoms with E-state index < -0.39 is 0 Å². The molecule has 1 aliphatic heterocycles. The van der Waals surface area contributed by atoms with Gasteiger partial charge in [0.2, 0.25) is 0 Å². The van der Waals surface area contributed by atoms with Crippen LogP contribution in [0.25, 0.3) is 0 Å². The van der Waals surface area contributed by atoms with E-state index in [9.17, 15) is 9.18 Å². The van der Waals surface area contributed by atoms with Crippen LogP contribution in [-0.2, 0) is 0 Å². The molecule has 3 aromatic rings. The van der Waals surface area contributed by atoms with Gasteiger partial charge < -0.3 is 15.1 Å². The first-order chi connectivity index (χ1) is 14.1. The number of nitrogens with zero attached hydrogens (tertiary/aromatic N) is 4. The Morgan fingerprint density at radius 2 is 1.76 bits per heavy atom. The van der Waals surface area contributed by atoms with Crippen LogP contribution in [0.2, 0.25) is 0 Å². The van der Waals surface area contributed by atoms with Crippen LogP contribution in [0.3, 0.4) is 0 Å². The van der Waals surface area contributed by atoms with Gasteiger partial charge >= 0.3 is 0 Å². The monoisotopic (exact) mass is 391 g/mol. The minimum Gasteiger partial charge on any atom is -0.368 e. The molecule has 0 atom stereocenters. The van der Waals surface area contributed by atoms with Gasteiger partial charge in [-0.3, -0.25) is 4.79 Å². The van der Waals surface area contributed by atoms with Gasteiger partial charge in [0, 0.05) is 37.6 Å². The van der Waals surface area contributed by atoms with Crippen molar-refractivity contribution in [3.63, 3.8) is 0 Å². The molecule has 0 unspecified atom stereocenters. The van der Waals surface area contributed by atoms with Crippen molar-refractivity contribution in [3.8, 4) is 0 Å². The van der Waals surface area contributed by atoms with Crippen LogP contribution in [0.1, 0.15) is 16.1 Å². The summed E-state index contributed by atoms with van der Waals surface area (Å²) in [6.07, 6.45) is 0. The molecule has 0 spiro atoms. The van der Waals surface area contributed by atoms with Gasteiger partial charge in [0.15, 0.2) is 11.5 Å². The fraction of sp³-hybridized carbons (Fsp3) is 0.227. The van der Waals surface area contributed by atoms with Crippen molar-refractivity contribution in [1.82, 2.24) is 15.1 Å². The lowest BCUT2D eigenvalue weighted by Gasteiger charge is -2.36. The summed E-state index contributed by atoms with van der Waals surface area (Å²) in [5.41, 5.74) is 3.29. The molecular weight excluding hydrogens is 369 g/mol. The molecule has 1 amide bonds. The maximum Gasteiger partial charge on any atom is 0.274 e. The summed E-state index contributed by atoms with van der Waals surface area (Å²) in [6.45, 7) is 4.91. The fourth-order valence-electron chi connectivity index (χ4n) is 3.38. The molecule has 2 aromatic carbocycles. The first-order valence-corrected chi connectivity index (χ1v) is 9.56. The Balaban J connectivity index is 1.36. The van der Waals surface area contributed by atoms with Gasteiger partial charge in [0.05, 0.1) is 0 Å². The Kier molecular flexibility index (Phi) is 5.37. The van der Waals surface area contributed by atoms with Crippen molar-refractivity contribution in [1.29, 1.82) is 0 Å². The minimum atomic E-state index is -0.334. The van der Waals surface area contributed by atoms with Crippen LogP contribution in [0.4, 0.5) is 21.6 Å². The molecule has 148 valence electrons. The molecule has 4 rings (SSSR count). The average molecular weight is 391 g/mol. The van der Waals surface area contributed by atoms with Crippen LogP contribution in [0.5, 0.6) is 0 Å². The number of carbonyl (C=O) groups excluding carboxylic acids is 1. The molecule has 1 aromatic heterocycles. The summed E-state index contributed by atoms with van der Waals surface area (Å²) in [5.74, 6) is -0.00493. The van der Waals surface area contributed by atoms with E-state index in [0.29, 0.717) is 30.3 Å². The summed E-state index contributed by atoms with van der Waals surface area (Å²) in [4.78, 5) is 16.8. The zero-order valence-corrected chi connectivity index (χ0v) is 16.2. The van der Waals surface area contributed by atoms with E-state index in [4.69, 9.17) is 0 Å². The predicted molar refractivity (Wildman–Crippen MR) is 111 cm³/mol. The third-order valence-electron chi connectivity index (χ3n) is 4.91. The zero-order valence-electron chi connectivity index (χ0n) is 16.2. The van der Waals surface area contributed by atoms with Gasteiger partial charge in [-0.25, -0.2) is 4.39 Å². The van der Waals surface area contributed by atoms with E-state index >= 15 is 0 Å². The summed E-state index contributed by atoms with van der Waals surface area (Å²) in [5, 5.41) is 11.1. The number of anilines is 3. The van der Waals surface area contributed by atoms with Crippen molar-refractivity contribution in [2.45, 2.75) is 6.92 Å². The molecule has 7 heteroatoms. The lowest BCUT2D eigenvalue weighted by molar-refractivity contribution is 0.0739. The number of aryl methyl sites for hydroxylation is 1. The minimum absolute atomic E-state index is 0.126. The Morgan fingerprint density at radius 3 is 2.45 bits per heavy atom. The normalized spacial score (nSPS) is 14.0. The molecule has 0 aliphatic carbocycles. The second kappa shape index (κ2) is 8.26. The summed E-state index contributed by atoms with van der Waals surface area (Å²) in [6, 6.07) is 17.8. The van der Waals surface area contributed by atoms with Gasteiger partial charge in [-0.1, -0.05) is 18.2 Å². The average Bonchev–Trinajstić information content (AvgIpc) is 2.74. The highest BCUT2D eigenvalue weighted by molar-refractivity contribution is 5.92. The molecule has 1 aliphatic rings. The van der Waals surface area contributed by atoms with E-state index in [1.54, 1.807) is 29.2 Å². The third kappa shape index (κ3) is 4.51. The van der Waals surface area contributed by atoms with E-state index in [-0.39, 0.29) is 11.7 Å². The van der Waals surface area contributed by atoms with Gasteiger partial charge in [-0.2, -0.15) is 0 Å². The number of piperazine rings is 1. The Bertz CT molecular complexity index is 1000. The van der Waals surface area contributed by atoms with E-state index in [2.05, 4.69) is 51.6 Å². The smallest absolute Gasteiger partial charge is 0.274 e. The van der Waals surface area contributed by atoms with Crippen molar-refractivity contribution < 1.29 is 9.18 Å². The molecule has 1 fully saturated rings. The van der Waals surface area contributed by atoms with Gasteiger partial charge in [-0.15, -0.1) is 10.2 Å². The molecular formula is C22H22FN5O. The molecule has 0 saturated carbocycles. The summed E-state index contributed by atoms with van der Waals surface area (Å²) in [7, 11) is 0. The first-order valence-electron chi connectivity index (χ1n) is 9.56. The Morgan fingerprint density at radius 1 is 0.966 bits per heavy atom. The molecule has 29 heavy (non-hydrogen) atoms.